The Kier molecular flexibility index (Phi) is 3.11. The topological polar surface area (TPSA) is 65.1 Å². The van der Waals surface area contributed by atoms with E-state index in [4.69, 9.17) is 0 Å². The Morgan fingerprint density at radius 2 is 2.09 bits per heavy atom. The quantitative estimate of drug-likeness (QED) is 0.681. The van der Waals surface area contributed by atoms with Crippen LogP contribution in [0.1, 0.15) is 27.2 Å². The van der Waals surface area contributed by atoms with Gasteiger partial charge in [-0.2, -0.15) is 0 Å². The van der Waals surface area contributed by atoms with E-state index in [0.29, 0.717) is 5.56 Å². The molecule has 0 saturated carbocycles. The summed E-state index contributed by atoms with van der Waals surface area (Å²) in [5.74, 6) is -0.0349. The third-order valence-electron chi connectivity index (χ3n) is 4.49. The Morgan fingerprint density at radius 3 is 2.91 bits per heavy atom. The normalized spacial score (nSPS) is 16.5. The molecule has 0 bridgehead atoms. The van der Waals surface area contributed by atoms with Gasteiger partial charge in [-0.15, -0.1) is 0 Å². The van der Waals surface area contributed by atoms with E-state index in [1.807, 2.05) is 0 Å². The van der Waals surface area contributed by atoms with Crippen molar-refractivity contribution in [1.82, 2.24) is 10.3 Å². The second-order valence-corrected chi connectivity index (χ2v) is 6.26. The predicted molar refractivity (Wildman–Crippen MR) is 89.8 cm³/mol. The van der Waals surface area contributed by atoms with E-state index in [9.17, 15) is 9.90 Å². The number of fused-ring (bicyclic) bond motifs is 3. The highest BCUT2D eigenvalue weighted by Gasteiger charge is 2.26. The van der Waals surface area contributed by atoms with Crippen molar-refractivity contribution >= 4 is 16.8 Å². The summed E-state index contributed by atoms with van der Waals surface area (Å²) in [6.07, 6.45) is 1.65. The Labute approximate surface area is 134 Å². The van der Waals surface area contributed by atoms with E-state index < -0.39 is 0 Å². The van der Waals surface area contributed by atoms with Gasteiger partial charge in [0, 0.05) is 34.6 Å². The SMILES string of the molecule is Cc1ccc2[nH]c3c(c2c1)CC(NC(=O)c1cccc(O)c1)C3. The number of carbonyl (C=O) groups excluding carboxylic acids is 1. The molecular weight excluding hydrogens is 288 g/mol. The average Bonchev–Trinajstić information content (AvgIpc) is 3.05. The number of nitrogens with one attached hydrogen (secondary N) is 2. The van der Waals surface area contributed by atoms with Gasteiger partial charge in [-0.1, -0.05) is 17.7 Å². The molecule has 3 aromatic rings. The van der Waals surface area contributed by atoms with Crippen molar-refractivity contribution in [1.29, 1.82) is 0 Å². The molecule has 4 rings (SSSR count). The van der Waals surface area contributed by atoms with Crippen molar-refractivity contribution in [2.45, 2.75) is 25.8 Å². The monoisotopic (exact) mass is 306 g/mol. The zero-order chi connectivity index (χ0) is 16.0. The molecule has 1 aliphatic carbocycles. The van der Waals surface area contributed by atoms with Crippen molar-refractivity contribution in [3.8, 4) is 5.75 Å². The fraction of sp³-hybridized carbons (Fsp3) is 0.211. The number of phenolic OH excluding ortho intramolecular Hbond substituents is 1. The van der Waals surface area contributed by atoms with Crippen LogP contribution in [-0.2, 0) is 12.8 Å². The number of aryl methyl sites for hydroxylation is 1. The van der Waals surface area contributed by atoms with Crippen LogP contribution in [0.3, 0.4) is 0 Å². The van der Waals surface area contributed by atoms with E-state index in [1.165, 1.54) is 33.8 Å². The molecule has 1 atom stereocenters. The van der Waals surface area contributed by atoms with Crippen LogP contribution in [0.15, 0.2) is 42.5 Å². The van der Waals surface area contributed by atoms with Gasteiger partial charge in [-0.05, 0) is 49.2 Å². The van der Waals surface area contributed by atoms with Crippen LogP contribution in [0.2, 0.25) is 0 Å². The minimum absolute atomic E-state index is 0.0935. The molecule has 23 heavy (non-hydrogen) atoms. The number of hydrogen-bond donors (Lipinski definition) is 3. The van der Waals surface area contributed by atoms with Crippen molar-refractivity contribution < 1.29 is 9.90 Å². The minimum Gasteiger partial charge on any atom is -0.508 e. The minimum atomic E-state index is -0.142. The smallest absolute Gasteiger partial charge is 0.251 e. The maximum atomic E-state index is 12.3. The van der Waals surface area contributed by atoms with Gasteiger partial charge in [-0.3, -0.25) is 4.79 Å². The molecule has 4 nitrogen and oxygen atoms in total. The Morgan fingerprint density at radius 1 is 1.22 bits per heavy atom. The van der Waals surface area contributed by atoms with E-state index in [0.717, 1.165) is 12.8 Å². The molecule has 1 aromatic heterocycles. The molecule has 4 heteroatoms. The van der Waals surface area contributed by atoms with Gasteiger partial charge in [0.1, 0.15) is 5.75 Å². The number of aromatic amines is 1. The Bertz CT molecular complexity index is 911. The van der Waals surface area contributed by atoms with Gasteiger partial charge in [0.05, 0.1) is 0 Å². The number of benzene rings is 2. The molecule has 0 radical (unpaired) electrons. The predicted octanol–water partition coefficient (Wildman–Crippen LogP) is 3.08. The number of aromatic nitrogens is 1. The summed E-state index contributed by atoms with van der Waals surface area (Å²) in [5.41, 5.74) is 5.42. The first kappa shape index (κ1) is 13.9. The lowest BCUT2D eigenvalue weighted by Crippen LogP contribution is -2.35. The number of rotatable bonds is 2. The van der Waals surface area contributed by atoms with Gasteiger partial charge >= 0.3 is 0 Å². The number of carbonyl (C=O) groups is 1. The molecule has 116 valence electrons. The summed E-state index contributed by atoms with van der Waals surface area (Å²) in [5, 5.41) is 13.8. The highest BCUT2D eigenvalue weighted by Crippen LogP contribution is 2.30. The first-order chi connectivity index (χ1) is 11.1. The van der Waals surface area contributed by atoms with Crippen LogP contribution in [0, 0.1) is 6.92 Å². The molecule has 1 amide bonds. The zero-order valence-electron chi connectivity index (χ0n) is 12.9. The van der Waals surface area contributed by atoms with Crippen LogP contribution < -0.4 is 5.32 Å². The highest BCUT2D eigenvalue weighted by atomic mass is 16.3. The van der Waals surface area contributed by atoms with Gasteiger partial charge in [-0.25, -0.2) is 0 Å². The average molecular weight is 306 g/mol. The molecule has 1 heterocycles. The molecule has 1 unspecified atom stereocenters. The molecule has 0 spiro atoms. The molecule has 0 aliphatic heterocycles. The molecule has 3 N–H and O–H groups in total. The summed E-state index contributed by atoms with van der Waals surface area (Å²) in [6.45, 7) is 2.09. The molecule has 0 saturated heterocycles. The van der Waals surface area contributed by atoms with E-state index in [2.05, 4.69) is 35.4 Å². The lowest BCUT2D eigenvalue weighted by atomic mass is 10.1. The number of aromatic hydroxyl groups is 1. The number of amides is 1. The van der Waals surface area contributed by atoms with Crippen LogP contribution >= 0.6 is 0 Å². The van der Waals surface area contributed by atoms with Crippen LogP contribution in [0.5, 0.6) is 5.75 Å². The van der Waals surface area contributed by atoms with Crippen molar-refractivity contribution in [2.75, 3.05) is 0 Å². The standard InChI is InChI=1S/C19H18N2O2/c1-11-5-6-17-15(7-11)16-9-13(10-18(16)21-17)20-19(23)12-3-2-4-14(22)8-12/h2-8,13,21-22H,9-10H2,1H3,(H,20,23). The third-order valence-corrected chi connectivity index (χ3v) is 4.49. The number of hydrogen-bond acceptors (Lipinski definition) is 2. The maximum absolute atomic E-state index is 12.3. The largest absolute Gasteiger partial charge is 0.508 e. The first-order valence-electron chi connectivity index (χ1n) is 7.80. The van der Waals surface area contributed by atoms with E-state index >= 15 is 0 Å². The molecular formula is C19H18N2O2. The highest BCUT2D eigenvalue weighted by molar-refractivity contribution is 5.95. The summed E-state index contributed by atoms with van der Waals surface area (Å²) in [7, 11) is 0. The Hall–Kier alpha value is -2.75. The first-order valence-corrected chi connectivity index (χ1v) is 7.80. The second-order valence-electron chi connectivity index (χ2n) is 6.26. The Balaban J connectivity index is 1.54. The summed E-state index contributed by atoms with van der Waals surface area (Å²) in [6, 6.07) is 13.0. The van der Waals surface area contributed by atoms with Crippen molar-refractivity contribution in [3.05, 3.63) is 64.8 Å². The lowest BCUT2D eigenvalue weighted by Gasteiger charge is -2.12. The van der Waals surface area contributed by atoms with Crippen molar-refractivity contribution in [3.63, 3.8) is 0 Å². The van der Waals surface area contributed by atoms with Gasteiger partial charge < -0.3 is 15.4 Å². The van der Waals surface area contributed by atoms with Gasteiger partial charge in [0.25, 0.3) is 5.91 Å². The van der Waals surface area contributed by atoms with Crippen molar-refractivity contribution in [2.24, 2.45) is 0 Å². The number of phenols is 1. The summed E-state index contributed by atoms with van der Waals surface area (Å²) in [4.78, 5) is 15.8. The fourth-order valence-corrected chi connectivity index (χ4v) is 3.41. The van der Waals surface area contributed by atoms with E-state index in [-0.39, 0.29) is 17.7 Å². The molecule has 1 aliphatic rings. The van der Waals surface area contributed by atoms with E-state index in [1.54, 1.807) is 18.2 Å². The second kappa shape index (κ2) is 5.16. The fourth-order valence-electron chi connectivity index (χ4n) is 3.41. The third kappa shape index (κ3) is 2.46. The van der Waals surface area contributed by atoms with Gasteiger partial charge in [0.2, 0.25) is 0 Å². The molecule has 0 fully saturated rings. The zero-order valence-corrected chi connectivity index (χ0v) is 12.9. The van der Waals surface area contributed by atoms with Crippen LogP contribution in [0.4, 0.5) is 0 Å². The van der Waals surface area contributed by atoms with Gasteiger partial charge in [0.15, 0.2) is 0 Å². The summed E-state index contributed by atoms with van der Waals surface area (Å²) >= 11 is 0. The van der Waals surface area contributed by atoms with Crippen LogP contribution in [0.25, 0.3) is 10.9 Å². The number of H-pyrrole nitrogens is 1. The summed E-state index contributed by atoms with van der Waals surface area (Å²) < 4.78 is 0. The lowest BCUT2D eigenvalue weighted by molar-refractivity contribution is 0.0938. The maximum Gasteiger partial charge on any atom is 0.251 e. The molecule has 2 aromatic carbocycles. The van der Waals surface area contributed by atoms with Crippen LogP contribution in [-0.4, -0.2) is 22.0 Å².